The summed E-state index contributed by atoms with van der Waals surface area (Å²) in [5.41, 5.74) is 3.86. The maximum absolute atomic E-state index is 13.9. The lowest BCUT2D eigenvalue weighted by atomic mass is 9.81. The quantitative estimate of drug-likeness (QED) is 0.534. The molecule has 0 spiro atoms. The zero-order valence-corrected chi connectivity index (χ0v) is 19.9. The number of methoxy groups -OCH3 is 1. The first-order valence-electron chi connectivity index (χ1n) is 11.8. The number of ether oxygens (including phenoxy) is 2. The van der Waals surface area contributed by atoms with Gasteiger partial charge in [0.05, 0.1) is 24.5 Å². The minimum atomic E-state index is -0.584. The van der Waals surface area contributed by atoms with Gasteiger partial charge in [0.25, 0.3) is 5.91 Å². The van der Waals surface area contributed by atoms with Crippen molar-refractivity contribution >= 4 is 23.1 Å². The highest BCUT2D eigenvalue weighted by Crippen LogP contribution is 2.45. The zero-order chi connectivity index (χ0) is 24.4. The Bertz CT molecular complexity index is 1270. The molecular formula is C29H28N2O4. The second kappa shape index (κ2) is 9.66. The second-order valence-corrected chi connectivity index (χ2v) is 9.01. The van der Waals surface area contributed by atoms with Gasteiger partial charge in [0, 0.05) is 17.7 Å². The molecule has 6 nitrogen and oxygen atoms in total. The van der Waals surface area contributed by atoms with E-state index in [1.165, 1.54) is 0 Å². The standard InChI is InChI=1S/C29H28N2O4/c1-19-16-24-28(26(32)17-19)29(20-12-14-21(34-2)15-13-20)31(25-11-7-6-10-23(25)30-24)27(33)18-35-22-8-4-3-5-9-22/h3-15,19,29-30H,16-18H2,1-2H3/t19-,29-/m1/s1. The fourth-order valence-corrected chi connectivity index (χ4v) is 4.89. The zero-order valence-electron chi connectivity index (χ0n) is 19.9. The molecule has 1 heterocycles. The summed E-state index contributed by atoms with van der Waals surface area (Å²) in [4.78, 5) is 29.1. The van der Waals surface area contributed by atoms with E-state index in [4.69, 9.17) is 9.47 Å². The number of nitrogens with zero attached hydrogens (tertiary/aromatic N) is 1. The average molecular weight is 469 g/mol. The summed E-state index contributed by atoms with van der Waals surface area (Å²) in [7, 11) is 1.62. The van der Waals surface area contributed by atoms with Crippen LogP contribution >= 0.6 is 0 Å². The molecule has 5 rings (SSSR count). The van der Waals surface area contributed by atoms with Crippen molar-refractivity contribution < 1.29 is 19.1 Å². The maximum atomic E-state index is 13.9. The topological polar surface area (TPSA) is 67.9 Å². The Kier molecular flexibility index (Phi) is 6.27. The third kappa shape index (κ3) is 4.52. The molecule has 0 bridgehead atoms. The van der Waals surface area contributed by atoms with Gasteiger partial charge in [-0.15, -0.1) is 0 Å². The highest BCUT2D eigenvalue weighted by Gasteiger charge is 2.40. The minimum absolute atomic E-state index is 0.0571. The first-order valence-corrected chi connectivity index (χ1v) is 11.8. The van der Waals surface area contributed by atoms with Crippen LogP contribution in [-0.4, -0.2) is 25.4 Å². The summed E-state index contributed by atoms with van der Waals surface area (Å²) in [5.74, 6) is 1.38. The average Bonchev–Trinajstić information content (AvgIpc) is 3.02. The van der Waals surface area contributed by atoms with Gasteiger partial charge < -0.3 is 14.8 Å². The summed E-state index contributed by atoms with van der Waals surface area (Å²) >= 11 is 0. The largest absolute Gasteiger partial charge is 0.497 e. The molecule has 0 unspecified atom stereocenters. The third-order valence-corrected chi connectivity index (χ3v) is 6.50. The number of fused-ring (bicyclic) bond motifs is 1. The van der Waals surface area contributed by atoms with Crippen molar-refractivity contribution in [2.75, 3.05) is 23.9 Å². The van der Waals surface area contributed by atoms with Crippen LogP contribution in [0, 0.1) is 5.92 Å². The number of hydrogen-bond acceptors (Lipinski definition) is 5. The van der Waals surface area contributed by atoms with E-state index in [2.05, 4.69) is 12.2 Å². The van der Waals surface area contributed by atoms with Gasteiger partial charge in [-0.05, 0) is 54.3 Å². The number of rotatable bonds is 5. The highest BCUT2D eigenvalue weighted by molar-refractivity contribution is 6.06. The van der Waals surface area contributed by atoms with E-state index in [0.29, 0.717) is 29.2 Å². The van der Waals surface area contributed by atoms with Gasteiger partial charge in [0.15, 0.2) is 12.4 Å². The number of allylic oxidation sites excluding steroid dienone is 1. The van der Waals surface area contributed by atoms with Crippen LogP contribution in [0.1, 0.15) is 31.4 Å². The number of hydrogen-bond donors (Lipinski definition) is 1. The molecule has 3 aromatic rings. The highest BCUT2D eigenvalue weighted by atomic mass is 16.5. The molecule has 178 valence electrons. The second-order valence-electron chi connectivity index (χ2n) is 9.01. The molecule has 1 amide bonds. The van der Waals surface area contributed by atoms with Crippen molar-refractivity contribution in [2.45, 2.75) is 25.8 Å². The monoisotopic (exact) mass is 468 g/mol. The van der Waals surface area contributed by atoms with Crippen LogP contribution in [0.2, 0.25) is 0 Å². The molecule has 0 saturated heterocycles. The summed E-state index contributed by atoms with van der Waals surface area (Å²) < 4.78 is 11.2. The van der Waals surface area contributed by atoms with E-state index < -0.39 is 6.04 Å². The van der Waals surface area contributed by atoms with Crippen molar-refractivity contribution in [2.24, 2.45) is 5.92 Å². The number of ketones is 1. The van der Waals surface area contributed by atoms with Crippen LogP contribution in [0.25, 0.3) is 0 Å². The molecule has 0 radical (unpaired) electrons. The summed E-state index contributed by atoms with van der Waals surface area (Å²) in [6, 6.07) is 23.9. The third-order valence-electron chi connectivity index (χ3n) is 6.50. The van der Waals surface area contributed by atoms with E-state index >= 15 is 0 Å². The molecule has 1 aliphatic heterocycles. The SMILES string of the molecule is COc1ccc([C@@H]2C3=C(C[C@@H](C)CC3=O)Nc3ccccc3N2C(=O)COc2ccccc2)cc1. The predicted octanol–water partition coefficient (Wildman–Crippen LogP) is 5.53. The smallest absolute Gasteiger partial charge is 0.265 e. The molecule has 3 aromatic carbocycles. The fraction of sp³-hybridized carbons (Fsp3) is 0.241. The normalized spacial score (nSPS) is 19.3. The number of amides is 1. The van der Waals surface area contributed by atoms with Crippen LogP contribution in [0.5, 0.6) is 11.5 Å². The molecule has 35 heavy (non-hydrogen) atoms. The lowest BCUT2D eigenvalue weighted by molar-refractivity contribution is -0.121. The number of carbonyl (C=O) groups is 2. The molecule has 0 fully saturated rings. The van der Waals surface area contributed by atoms with Crippen LogP contribution in [0.3, 0.4) is 0 Å². The number of anilines is 2. The Balaban J connectivity index is 1.64. The van der Waals surface area contributed by atoms with Gasteiger partial charge in [0.2, 0.25) is 0 Å². The van der Waals surface area contributed by atoms with E-state index in [1.54, 1.807) is 12.0 Å². The molecule has 1 N–H and O–H groups in total. The van der Waals surface area contributed by atoms with Crippen molar-refractivity contribution in [1.82, 2.24) is 0 Å². The molecular weight excluding hydrogens is 440 g/mol. The summed E-state index contributed by atoms with van der Waals surface area (Å²) in [5, 5.41) is 3.50. The van der Waals surface area contributed by atoms with E-state index in [-0.39, 0.29) is 24.2 Å². The van der Waals surface area contributed by atoms with E-state index in [0.717, 1.165) is 23.4 Å². The van der Waals surface area contributed by atoms with E-state index in [9.17, 15) is 9.59 Å². The summed E-state index contributed by atoms with van der Waals surface area (Å²) in [6.07, 6.45) is 1.19. The van der Waals surface area contributed by atoms with Gasteiger partial charge in [-0.25, -0.2) is 0 Å². The Labute approximate surface area is 205 Å². The van der Waals surface area contributed by atoms with Crippen LogP contribution < -0.4 is 19.7 Å². The Hall–Kier alpha value is -4.06. The Morgan fingerprint density at radius 2 is 1.66 bits per heavy atom. The lowest BCUT2D eigenvalue weighted by Gasteiger charge is -2.34. The first kappa shape index (κ1) is 22.7. The lowest BCUT2D eigenvalue weighted by Crippen LogP contribution is -2.41. The number of para-hydroxylation sites is 3. The number of nitrogens with one attached hydrogen (secondary N) is 1. The minimum Gasteiger partial charge on any atom is -0.497 e. The number of Topliss-reactive ketones (excluding diaryl/α,β-unsaturated/α-hetero) is 1. The predicted molar refractivity (Wildman–Crippen MR) is 136 cm³/mol. The molecule has 0 saturated carbocycles. The first-order chi connectivity index (χ1) is 17.0. The fourth-order valence-electron chi connectivity index (χ4n) is 4.89. The van der Waals surface area contributed by atoms with Crippen LogP contribution in [0.4, 0.5) is 11.4 Å². The number of benzene rings is 3. The van der Waals surface area contributed by atoms with Crippen LogP contribution in [0.15, 0.2) is 90.1 Å². The van der Waals surface area contributed by atoms with Gasteiger partial charge in [-0.1, -0.05) is 49.4 Å². The van der Waals surface area contributed by atoms with Gasteiger partial charge in [-0.3, -0.25) is 14.5 Å². The molecule has 6 heteroatoms. The van der Waals surface area contributed by atoms with Gasteiger partial charge in [0.1, 0.15) is 11.5 Å². The van der Waals surface area contributed by atoms with Crippen molar-refractivity contribution in [3.05, 3.63) is 95.7 Å². The number of carbonyl (C=O) groups excluding carboxylic acids is 2. The maximum Gasteiger partial charge on any atom is 0.265 e. The molecule has 0 aromatic heterocycles. The molecule has 2 aliphatic rings. The summed E-state index contributed by atoms with van der Waals surface area (Å²) in [6.45, 7) is 1.93. The molecule has 2 atom stereocenters. The van der Waals surface area contributed by atoms with Crippen molar-refractivity contribution in [3.8, 4) is 11.5 Å². The Morgan fingerprint density at radius 3 is 2.40 bits per heavy atom. The van der Waals surface area contributed by atoms with Gasteiger partial charge in [-0.2, -0.15) is 0 Å². The van der Waals surface area contributed by atoms with Crippen molar-refractivity contribution in [1.29, 1.82) is 0 Å². The van der Waals surface area contributed by atoms with E-state index in [1.807, 2.05) is 78.9 Å². The van der Waals surface area contributed by atoms with Gasteiger partial charge >= 0.3 is 0 Å². The molecule has 1 aliphatic carbocycles. The van der Waals surface area contributed by atoms with Crippen LogP contribution in [-0.2, 0) is 9.59 Å². The Morgan fingerprint density at radius 1 is 0.943 bits per heavy atom. The van der Waals surface area contributed by atoms with Crippen molar-refractivity contribution in [3.63, 3.8) is 0 Å².